The molecule has 0 radical (unpaired) electrons. The van der Waals surface area contributed by atoms with E-state index in [-0.39, 0.29) is 0 Å². The predicted molar refractivity (Wildman–Crippen MR) is 87.9 cm³/mol. The van der Waals surface area contributed by atoms with Crippen molar-refractivity contribution in [2.75, 3.05) is 6.54 Å². The maximum absolute atomic E-state index is 10.0. The number of hydrogen-bond acceptors (Lipinski definition) is 4. The Labute approximate surface area is 134 Å². The summed E-state index contributed by atoms with van der Waals surface area (Å²) in [4.78, 5) is 0. The number of halogens is 1. The Bertz CT molecular complexity index is 554. The number of hydrogen-bond donors (Lipinski definition) is 2. The van der Waals surface area contributed by atoms with Crippen LogP contribution in [-0.4, -0.2) is 21.4 Å². The van der Waals surface area contributed by atoms with E-state index in [1.54, 1.807) is 11.3 Å². The second kappa shape index (κ2) is 7.94. The molecule has 1 unspecified atom stereocenters. The average molecular weight is 328 g/mol. The van der Waals surface area contributed by atoms with Gasteiger partial charge in [-0.2, -0.15) is 16.4 Å². The number of aromatic nitrogens is 2. The molecule has 2 aromatic heterocycles. The molecule has 0 aliphatic carbocycles. The minimum atomic E-state index is -0.481. The fourth-order valence-electron chi connectivity index (χ4n) is 2.16. The fraction of sp³-hybridized carbons (Fsp3) is 0.533. The maximum Gasteiger partial charge on any atom is 0.131 e. The molecule has 0 saturated carbocycles. The largest absolute Gasteiger partial charge is 0.387 e. The molecule has 6 heteroatoms. The highest BCUT2D eigenvalue weighted by atomic mass is 35.5. The van der Waals surface area contributed by atoms with Gasteiger partial charge in [0.1, 0.15) is 5.15 Å². The molecule has 0 bridgehead atoms. The lowest BCUT2D eigenvalue weighted by molar-refractivity contribution is 0.175. The molecule has 2 aromatic rings. The molecule has 2 heterocycles. The van der Waals surface area contributed by atoms with Crippen molar-refractivity contribution in [3.05, 3.63) is 38.8 Å². The number of rotatable bonds is 8. The molecule has 0 saturated heterocycles. The monoisotopic (exact) mass is 327 g/mol. The zero-order valence-corrected chi connectivity index (χ0v) is 14.0. The smallest absolute Gasteiger partial charge is 0.131 e. The van der Waals surface area contributed by atoms with Crippen LogP contribution in [0.1, 0.15) is 42.7 Å². The highest BCUT2D eigenvalue weighted by Crippen LogP contribution is 2.21. The molecule has 0 aliphatic heterocycles. The van der Waals surface area contributed by atoms with Gasteiger partial charge in [-0.3, -0.25) is 4.68 Å². The van der Waals surface area contributed by atoms with E-state index in [2.05, 4.69) is 17.3 Å². The molecule has 0 aliphatic rings. The van der Waals surface area contributed by atoms with Crippen molar-refractivity contribution in [1.82, 2.24) is 15.1 Å². The van der Waals surface area contributed by atoms with Crippen molar-refractivity contribution in [3.8, 4) is 0 Å². The molecule has 1 atom stereocenters. The third-order valence-corrected chi connectivity index (χ3v) is 4.60. The zero-order chi connectivity index (χ0) is 15.2. The van der Waals surface area contributed by atoms with Crippen LogP contribution >= 0.6 is 22.9 Å². The van der Waals surface area contributed by atoms with Crippen LogP contribution in [0.4, 0.5) is 0 Å². The molecule has 0 aromatic carbocycles. The lowest BCUT2D eigenvalue weighted by atomic mass is 10.2. The SMILES string of the molecule is CCCCn1nc(C)c(CNCC(O)c2ccsc2)c1Cl. The van der Waals surface area contributed by atoms with Crippen LogP contribution in [0.3, 0.4) is 0 Å². The molecular formula is C15H22ClN3OS. The summed E-state index contributed by atoms with van der Waals surface area (Å²) >= 11 is 7.97. The summed E-state index contributed by atoms with van der Waals surface area (Å²) < 4.78 is 1.87. The first-order valence-electron chi connectivity index (χ1n) is 7.26. The minimum Gasteiger partial charge on any atom is -0.387 e. The summed E-state index contributed by atoms with van der Waals surface area (Å²) in [7, 11) is 0. The molecule has 4 nitrogen and oxygen atoms in total. The zero-order valence-electron chi connectivity index (χ0n) is 12.5. The van der Waals surface area contributed by atoms with E-state index in [0.717, 1.165) is 36.2 Å². The molecule has 2 N–H and O–H groups in total. The van der Waals surface area contributed by atoms with Gasteiger partial charge in [0.25, 0.3) is 0 Å². The van der Waals surface area contributed by atoms with Gasteiger partial charge in [0.15, 0.2) is 0 Å². The van der Waals surface area contributed by atoms with Crippen LogP contribution in [0.2, 0.25) is 5.15 Å². The molecular weight excluding hydrogens is 306 g/mol. The number of thiophene rings is 1. The van der Waals surface area contributed by atoms with E-state index in [1.807, 2.05) is 28.4 Å². The number of unbranched alkanes of at least 4 members (excludes halogenated alkanes) is 1. The Balaban J connectivity index is 1.89. The van der Waals surface area contributed by atoms with Crippen molar-refractivity contribution in [2.45, 2.75) is 45.9 Å². The average Bonchev–Trinajstić information content (AvgIpc) is 3.08. The van der Waals surface area contributed by atoms with Gasteiger partial charge in [0.05, 0.1) is 11.8 Å². The lowest BCUT2D eigenvalue weighted by Gasteiger charge is -2.10. The van der Waals surface area contributed by atoms with Crippen molar-refractivity contribution in [1.29, 1.82) is 0 Å². The van der Waals surface area contributed by atoms with Crippen LogP contribution in [-0.2, 0) is 13.1 Å². The highest BCUT2D eigenvalue weighted by Gasteiger charge is 2.14. The summed E-state index contributed by atoms with van der Waals surface area (Å²) in [6, 6.07) is 1.94. The Morgan fingerprint density at radius 1 is 1.52 bits per heavy atom. The van der Waals surface area contributed by atoms with Crippen molar-refractivity contribution >= 4 is 22.9 Å². The number of nitrogens with zero attached hydrogens (tertiary/aromatic N) is 2. The van der Waals surface area contributed by atoms with E-state index < -0.39 is 6.10 Å². The molecule has 2 rings (SSSR count). The Morgan fingerprint density at radius 2 is 2.33 bits per heavy atom. The maximum atomic E-state index is 10.0. The second-order valence-electron chi connectivity index (χ2n) is 5.13. The first kappa shape index (κ1) is 16.5. The fourth-order valence-corrected chi connectivity index (χ4v) is 3.20. The number of aryl methyl sites for hydroxylation is 2. The standard InChI is InChI=1S/C15H22ClN3OS/c1-3-4-6-19-15(16)13(11(2)18-19)8-17-9-14(20)12-5-7-21-10-12/h5,7,10,14,17,20H,3-4,6,8-9H2,1-2H3. The Kier molecular flexibility index (Phi) is 6.23. The molecule has 21 heavy (non-hydrogen) atoms. The number of aliphatic hydroxyl groups is 1. The Morgan fingerprint density at radius 3 is 3.00 bits per heavy atom. The summed E-state index contributed by atoms with van der Waals surface area (Å²) in [5.74, 6) is 0. The summed E-state index contributed by atoms with van der Waals surface area (Å²) in [5, 5.41) is 22.4. The second-order valence-corrected chi connectivity index (χ2v) is 6.27. The van der Waals surface area contributed by atoms with Crippen LogP contribution in [0.5, 0.6) is 0 Å². The van der Waals surface area contributed by atoms with Gasteiger partial charge in [0, 0.05) is 25.2 Å². The van der Waals surface area contributed by atoms with Gasteiger partial charge in [-0.25, -0.2) is 0 Å². The first-order chi connectivity index (χ1) is 10.1. The van der Waals surface area contributed by atoms with Gasteiger partial charge in [-0.1, -0.05) is 24.9 Å². The molecule has 0 spiro atoms. The van der Waals surface area contributed by atoms with E-state index in [0.29, 0.717) is 18.2 Å². The highest BCUT2D eigenvalue weighted by molar-refractivity contribution is 7.07. The molecule has 116 valence electrons. The minimum absolute atomic E-state index is 0.481. The lowest BCUT2D eigenvalue weighted by Crippen LogP contribution is -2.21. The number of aliphatic hydroxyl groups excluding tert-OH is 1. The van der Waals surface area contributed by atoms with Crippen molar-refractivity contribution in [2.24, 2.45) is 0 Å². The van der Waals surface area contributed by atoms with E-state index in [1.165, 1.54) is 0 Å². The van der Waals surface area contributed by atoms with Gasteiger partial charge < -0.3 is 10.4 Å². The summed E-state index contributed by atoms with van der Waals surface area (Å²) in [6.45, 7) is 6.11. The van der Waals surface area contributed by atoms with Gasteiger partial charge in [-0.05, 0) is 35.7 Å². The van der Waals surface area contributed by atoms with Crippen molar-refractivity contribution in [3.63, 3.8) is 0 Å². The Hall–Kier alpha value is -0.880. The van der Waals surface area contributed by atoms with Gasteiger partial charge in [0.2, 0.25) is 0 Å². The van der Waals surface area contributed by atoms with Crippen LogP contribution < -0.4 is 5.32 Å². The third-order valence-electron chi connectivity index (χ3n) is 3.47. The number of nitrogens with one attached hydrogen (secondary N) is 1. The molecule has 0 fully saturated rings. The van der Waals surface area contributed by atoms with E-state index in [4.69, 9.17) is 11.6 Å². The normalized spacial score (nSPS) is 12.8. The van der Waals surface area contributed by atoms with Gasteiger partial charge >= 0.3 is 0 Å². The third kappa shape index (κ3) is 4.30. The van der Waals surface area contributed by atoms with Gasteiger partial charge in [-0.15, -0.1) is 0 Å². The summed E-state index contributed by atoms with van der Waals surface area (Å²) in [6.07, 6.45) is 1.71. The summed E-state index contributed by atoms with van der Waals surface area (Å²) in [5.41, 5.74) is 2.92. The van der Waals surface area contributed by atoms with Crippen molar-refractivity contribution < 1.29 is 5.11 Å². The topological polar surface area (TPSA) is 50.1 Å². The van der Waals surface area contributed by atoms with Crippen LogP contribution in [0.15, 0.2) is 16.8 Å². The quantitative estimate of drug-likeness (QED) is 0.779. The van der Waals surface area contributed by atoms with E-state index in [9.17, 15) is 5.11 Å². The van der Waals surface area contributed by atoms with E-state index >= 15 is 0 Å². The predicted octanol–water partition coefficient (Wildman–Crippen LogP) is 3.53. The first-order valence-corrected chi connectivity index (χ1v) is 8.58. The van der Waals surface area contributed by atoms with Crippen LogP contribution in [0, 0.1) is 6.92 Å². The molecule has 0 amide bonds. The van der Waals surface area contributed by atoms with Crippen LogP contribution in [0.25, 0.3) is 0 Å².